The Hall–Kier alpha value is -1.91. The van der Waals surface area contributed by atoms with Gasteiger partial charge in [-0.3, -0.25) is 9.59 Å². The number of carbonyl (C=O) groups is 2. The zero-order valence-corrected chi connectivity index (χ0v) is 11.1. The van der Waals surface area contributed by atoms with E-state index >= 15 is 0 Å². The Morgan fingerprint density at radius 3 is 2.37 bits per heavy atom. The van der Waals surface area contributed by atoms with E-state index in [9.17, 15) is 14.0 Å². The molecule has 0 spiro atoms. The van der Waals surface area contributed by atoms with Crippen molar-refractivity contribution < 1.29 is 19.1 Å². The van der Waals surface area contributed by atoms with Crippen molar-refractivity contribution in [1.82, 2.24) is 5.32 Å². The van der Waals surface area contributed by atoms with Crippen LogP contribution in [0.2, 0.25) is 0 Å². The summed E-state index contributed by atoms with van der Waals surface area (Å²) < 4.78 is 12.7. The van der Waals surface area contributed by atoms with Crippen LogP contribution in [-0.4, -0.2) is 22.5 Å². The molecular formula is C14H18FNO3. The molecule has 19 heavy (non-hydrogen) atoms. The topological polar surface area (TPSA) is 66.4 Å². The standard InChI is InChI=1S/C14H18FNO3/c1-14(2,9-13(18)19)16-12(17)8-5-10-3-6-11(15)7-4-10/h3-4,6-7H,5,8-9H2,1-2H3,(H,16,17)(H,18,19). The van der Waals surface area contributed by atoms with Gasteiger partial charge in [0, 0.05) is 12.0 Å². The molecule has 0 aliphatic heterocycles. The summed E-state index contributed by atoms with van der Waals surface area (Å²) in [7, 11) is 0. The van der Waals surface area contributed by atoms with E-state index in [2.05, 4.69) is 5.32 Å². The normalized spacial score (nSPS) is 11.1. The molecule has 1 aromatic rings. The largest absolute Gasteiger partial charge is 0.481 e. The molecule has 104 valence electrons. The molecule has 2 N–H and O–H groups in total. The maximum atomic E-state index is 12.7. The molecule has 1 amide bonds. The molecule has 0 aliphatic rings. The summed E-state index contributed by atoms with van der Waals surface area (Å²) in [5.41, 5.74) is 0.0960. The molecule has 0 atom stereocenters. The van der Waals surface area contributed by atoms with Crippen molar-refractivity contribution in [3.8, 4) is 0 Å². The van der Waals surface area contributed by atoms with Crippen LogP contribution in [0.5, 0.6) is 0 Å². The number of nitrogens with one attached hydrogen (secondary N) is 1. The fourth-order valence-electron chi connectivity index (χ4n) is 1.77. The highest BCUT2D eigenvalue weighted by Crippen LogP contribution is 2.10. The number of hydrogen-bond acceptors (Lipinski definition) is 2. The molecule has 0 aromatic heterocycles. The molecule has 0 fully saturated rings. The number of benzene rings is 1. The molecule has 0 unspecified atom stereocenters. The molecule has 5 heteroatoms. The van der Waals surface area contributed by atoms with Gasteiger partial charge in [-0.2, -0.15) is 0 Å². The van der Waals surface area contributed by atoms with Crippen molar-refractivity contribution in [2.24, 2.45) is 0 Å². The summed E-state index contributed by atoms with van der Waals surface area (Å²) in [6.07, 6.45) is 0.610. The Balaban J connectivity index is 2.43. The molecule has 0 radical (unpaired) electrons. The average Bonchev–Trinajstić information content (AvgIpc) is 2.25. The minimum absolute atomic E-state index is 0.130. The first-order chi connectivity index (χ1) is 8.78. The van der Waals surface area contributed by atoms with E-state index in [0.29, 0.717) is 6.42 Å². The first-order valence-electron chi connectivity index (χ1n) is 6.06. The molecule has 0 saturated heterocycles. The van der Waals surface area contributed by atoms with Gasteiger partial charge in [-0.1, -0.05) is 12.1 Å². The van der Waals surface area contributed by atoms with Gasteiger partial charge >= 0.3 is 5.97 Å². The third kappa shape index (κ3) is 5.99. The molecule has 0 saturated carbocycles. The Bertz CT molecular complexity index is 454. The molecule has 1 rings (SSSR count). The van der Waals surface area contributed by atoms with Crippen LogP contribution in [-0.2, 0) is 16.0 Å². The highest BCUT2D eigenvalue weighted by molar-refractivity contribution is 5.78. The first-order valence-corrected chi connectivity index (χ1v) is 6.06. The summed E-state index contributed by atoms with van der Waals surface area (Å²) in [5, 5.41) is 11.4. The van der Waals surface area contributed by atoms with Gasteiger partial charge < -0.3 is 10.4 Å². The molecule has 4 nitrogen and oxygen atoms in total. The van der Waals surface area contributed by atoms with Crippen LogP contribution in [0.4, 0.5) is 4.39 Å². The second-order valence-corrected chi connectivity index (χ2v) is 5.13. The fourth-order valence-corrected chi connectivity index (χ4v) is 1.77. The van der Waals surface area contributed by atoms with Crippen molar-refractivity contribution in [2.45, 2.75) is 38.6 Å². The van der Waals surface area contributed by atoms with Crippen LogP contribution < -0.4 is 5.32 Å². The summed E-state index contributed by atoms with van der Waals surface area (Å²) in [4.78, 5) is 22.3. The number of carboxylic acids is 1. The maximum Gasteiger partial charge on any atom is 0.305 e. The van der Waals surface area contributed by atoms with Gasteiger partial charge in [0.1, 0.15) is 5.82 Å². The van der Waals surface area contributed by atoms with E-state index in [1.165, 1.54) is 12.1 Å². The number of carbonyl (C=O) groups excluding carboxylic acids is 1. The summed E-state index contributed by atoms with van der Waals surface area (Å²) in [6, 6.07) is 5.96. The Morgan fingerprint density at radius 1 is 1.26 bits per heavy atom. The van der Waals surface area contributed by atoms with Crippen LogP contribution in [0, 0.1) is 5.82 Å². The van der Waals surface area contributed by atoms with Crippen molar-refractivity contribution >= 4 is 11.9 Å². The smallest absolute Gasteiger partial charge is 0.305 e. The fraction of sp³-hybridized carbons (Fsp3) is 0.429. The van der Waals surface area contributed by atoms with Crippen molar-refractivity contribution in [1.29, 1.82) is 0 Å². The SMILES string of the molecule is CC(C)(CC(=O)O)NC(=O)CCc1ccc(F)cc1. The number of aliphatic carboxylic acids is 1. The van der Waals surface area contributed by atoms with Gasteiger partial charge in [0.05, 0.1) is 6.42 Å². The zero-order valence-electron chi connectivity index (χ0n) is 11.1. The molecule has 0 aliphatic carbocycles. The van der Waals surface area contributed by atoms with Crippen molar-refractivity contribution in [3.05, 3.63) is 35.6 Å². The molecule has 0 heterocycles. The van der Waals surface area contributed by atoms with E-state index in [4.69, 9.17) is 5.11 Å². The molecular weight excluding hydrogens is 249 g/mol. The Morgan fingerprint density at radius 2 is 1.84 bits per heavy atom. The quantitative estimate of drug-likeness (QED) is 0.829. The third-order valence-corrected chi connectivity index (χ3v) is 2.62. The monoisotopic (exact) mass is 267 g/mol. The Kier molecular flexibility index (Phi) is 5.03. The predicted molar refractivity (Wildman–Crippen MR) is 69.2 cm³/mol. The Labute approximate surface area is 111 Å². The lowest BCUT2D eigenvalue weighted by Crippen LogP contribution is -2.45. The molecule has 0 bridgehead atoms. The summed E-state index contributed by atoms with van der Waals surface area (Å²) >= 11 is 0. The average molecular weight is 267 g/mol. The number of carboxylic acid groups (broad SMARTS) is 1. The number of rotatable bonds is 6. The number of amides is 1. The van der Waals surface area contributed by atoms with Gasteiger partial charge in [-0.15, -0.1) is 0 Å². The maximum absolute atomic E-state index is 12.7. The highest BCUT2D eigenvalue weighted by atomic mass is 19.1. The predicted octanol–water partition coefficient (Wildman–Crippen LogP) is 2.13. The van der Waals surface area contributed by atoms with E-state index in [-0.39, 0.29) is 24.6 Å². The minimum atomic E-state index is -0.955. The lowest BCUT2D eigenvalue weighted by Gasteiger charge is -2.24. The van der Waals surface area contributed by atoms with Gasteiger partial charge in [-0.25, -0.2) is 4.39 Å². The van der Waals surface area contributed by atoms with E-state index in [1.807, 2.05) is 0 Å². The number of hydrogen-bond donors (Lipinski definition) is 2. The van der Waals surface area contributed by atoms with Crippen LogP contribution in [0.15, 0.2) is 24.3 Å². The second-order valence-electron chi connectivity index (χ2n) is 5.13. The summed E-state index contributed by atoms with van der Waals surface area (Å²) in [5.74, 6) is -1.48. The highest BCUT2D eigenvalue weighted by Gasteiger charge is 2.23. The van der Waals surface area contributed by atoms with Crippen LogP contribution >= 0.6 is 0 Å². The minimum Gasteiger partial charge on any atom is -0.481 e. The molecule has 1 aromatic carbocycles. The lowest BCUT2D eigenvalue weighted by molar-refractivity contribution is -0.138. The van der Waals surface area contributed by atoms with Crippen LogP contribution in [0.3, 0.4) is 0 Å². The zero-order chi connectivity index (χ0) is 14.5. The van der Waals surface area contributed by atoms with E-state index < -0.39 is 11.5 Å². The lowest BCUT2D eigenvalue weighted by atomic mass is 10.00. The van der Waals surface area contributed by atoms with E-state index in [0.717, 1.165) is 5.56 Å². The second kappa shape index (κ2) is 6.31. The number of aryl methyl sites for hydroxylation is 1. The van der Waals surface area contributed by atoms with Crippen LogP contribution in [0.1, 0.15) is 32.3 Å². The van der Waals surface area contributed by atoms with Crippen molar-refractivity contribution in [3.63, 3.8) is 0 Å². The van der Waals surface area contributed by atoms with E-state index in [1.54, 1.807) is 26.0 Å². The van der Waals surface area contributed by atoms with Gasteiger partial charge in [0.25, 0.3) is 0 Å². The van der Waals surface area contributed by atoms with Gasteiger partial charge in [0.2, 0.25) is 5.91 Å². The van der Waals surface area contributed by atoms with Crippen LogP contribution in [0.25, 0.3) is 0 Å². The van der Waals surface area contributed by atoms with Gasteiger partial charge in [0.15, 0.2) is 0 Å². The summed E-state index contributed by atoms with van der Waals surface area (Å²) in [6.45, 7) is 3.33. The van der Waals surface area contributed by atoms with Gasteiger partial charge in [-0.05, 0) is 38.0 Å². The number of halogens is 1. The first kappa shape index (κ1) is 15.1. The third-order valence-electron chi connectivity index (χ3n) is 2.62. The van der Waals surface area contributed by atoms with Crippen molar-refractivity contribution in [2.75, 3.05) is 0 Å².